The first-order valence-corrected chi connectivity index (χ1v) is 4.16. The maximum Gasteiger partial charge on any atom is 0.344 e. The number of carbonyl (C=O) groups is 2. The molecule has 1 aliphatic heterocycles. The molecule has 1 aliphatic rings. The number of anilines is 1. The van der Waals surface area contributed by atoms with Crippen LogP contribution in [-0.2, 0) is 4.79 Å². The Morgan fingerprint density at radius 2 is 2.33 bits per heavy atom. The molecule has 7 nitrogen and oxygen atoms in total. The Morgan fingerprint density at radius 1 is 1.53 bits per heavy atom. The van der Waals surface area contributed by atoms with Gasteiger partial charge in [-0.2, -0.15) is 5.10 Å². The van der Waals surface area contributed by atoms with Gasteiger partial charge in [0.2, 0.25) is 5.91 Å². The second-order valence-corrected chi connectivity index (χ2v) is 2.90. The number of amides is 3. The quantitative estimate of drug-likeness (QED) is 0.516. The van der Waals surface area contributed by atoms with E-state index >= 15 is 0 Å². The number of furan rings is 1. The van der Waals surface area contributed by atoms with E-state index in [1.54, 1.807) is 12.1 Å². The number of nitrogens with one attached hydrogen (secondary N) is 1. The van der Waals surface area contributed by atoms with Gasteiger partial charge in [0.1, 0.15) is 12.3 Å². The number of rotatable bonds is 2. The van der Waals surface area contributed by atoms with Crippen molar-refractivity contribution in [2.75, 3.05) is 12.3 Å². The van der Waals surface area contributed by atoms with Crippen molar-refractivity contribution in [1.29, 1.82) is 0 Å². The molecule has 2 rings (SSSR count). The molecule has 0 atom stereocenters. The fourth-order valence-electron chi connectivity index (χ4n) is 1.09. The summed E-state index contributed by atoms with van der Waals surface area (Å²) in [4.78, 5) is 21.8. The average molecular weight is 208 g/mol. The predicted molar refractivity (Wildman–Crippen MR) is 51.0 cm³/mol. The van der Waals surface area contributed by atoms with Crippen molar-refractivity contribution in [2.24, 2.45) is 5.10 Å². The third-order valence-electron chi connectivity index (χ3n) is 1.75. The largest absolute Gasteiger partial charge is 0.440 e. The van der Waals surface area contributed by atoms with Crippen LogP contribution in [0.5, 0.6) is 0 Å². The van der Waals surface area contributed by atoms with Crippen LogP contribution in [0, 0.1) is 0 Å². The van der Waals surface area contributed by atoms with Crippen molar-refractivity contribution in [2.45, 2.75) is 0 Å². The molecule has 78 valence electrons. The van der Waals surface area contributed by atoms with Gasteiger partial charge < -0.3 is 10.2 Å². The zero-order chi connectivity index (χ0) is 10.8. The van der Waals surface area contributed by atoms with Crippen LogP contribution in [0.3, 0.4) is 0 Å². The number of nitrogen functional groups attached to an aromatic ring is 1. The van der Waals surface area contributed by atoms with Gasteiger partial charge in [-0.3, -0.25) is 10.1 Å². The van der Waals surface area contributed by atoms with Crippen LogP contribution in [0.25, 0.3) is 0 Å². The van der Waals surface area contributed by atoms with E-state index in [0.29, 0.717) is 5.76 Å². The lowest BCUT2D eigenvalue weighted by atomic mass is 10.5. The molecule has 3 N–H and O–H groups in total. The van der Waals surface area contributed by atoms with E-state index in [1.165, 1.54) is 6.21 Å². The lowest BCUT2D eigenvalue weighted by Gasteiger charge is -2.02. The lowest BCUT2D eigenvalue weighted by molar-refractivity contribution is -0.118. The van der Waals surface area contributed by atoms with Crippen molar-refractivity contribution in [3.8, 4) is 0 Å². The number of carbonyl (C=O) groups excluding carboxylic acids is 2. The summed E-state index contributed by atoms with van der Waals surface area (Å²) in [5.41, 5.74) is 5.34. The maximum absolute atomic E-state index is 11.0. The number of hydrazone groups is 1. The Bertz CT molecular complexity index is 437. The number of hydrogen-bond acceptors (Lipinski definition) is 5. The summed E-state index contributed by atoms with van der Waals surface area (Å²) >= 11 is 0. The summed E-state index contributed by atoms with van der Waals surface area (Å²) in [6, 6.07) is 2.63. The molecule has 1 aromatic rings. The number of nitrogens with two attached hydrogens (primary N) is 1. The van der Waals surface area contributed by atoms with Crippen molar-refractivity contribution >= 4 is 24.0 Å². The van der Waals surface area contributed by atoms with Crippen LogP contribution in [0.2, 0.25) is 0 Å². The Kier molecular flexibility index (Phi) is 2.13. The standard InChI is InChI=1S/C8H8N4O3/c9-6-2-1-5(15-6)3-10-12-4-7(13)11-8(12)14/h1-3H,4,9H2,(H,11,13,14)/b10-3+. The molecule has 0 bridgehead atoms. The summed E-state index contributed by atoms with van der Waals surface area (Å²) in [5.74, 6) is 0.300. The van der Waals surface area contributed by atoms with Crippen LogP contribution in [0.1, 0.15) is 5.76 Å². The molecule has 0 unspecified atom stereocenters. The summed E-state index contributed by atoms with van der Waals surface area (Å²) in [6.07, 6.45) is 1.31. The highest BCUT2D eigenvalue weighted by atomic mass is 16.3. The normalized spacial score (nSPS) is 16.4. The van der Waals surface area contributed by atoms with E-state index in [2.05, 4.69) is 10.4 Å². The van der Waals surface area contributed by atoms with E-state index in [4.69, 9.17) is 10.2 Å². The van der Waals surface area contributed by atoms with Crippen molar-refractivity contribution in [1.82, 2.24) is 10.3 Å². The molecule has 0 saturated carbocycles. The molecule has 15 heavy (non-hydrogen) atoms. The molecular formula is C8H8N4O3. The van der Waals surface area contributed by atoms with Gasteiger partial charge in [0.15, 0.2) is 5.88 Å². The van der Waals surface area contributed by atoms with Crippen molar-refractivity contribution < 1.29 is 14.0 Å². The maximum atomic E-state index is 11.0. The number of nitrogens with zero attached hydrogens (tertiary/aromatic N) is 2. The SMILES string of the molecule is Nc1ccc(/C=N/N2CC(=O)NC2=O)o1. The minimum absolute atomic E-state index is 0.0779. The van der Waals surface area contributed by atoms with E-state index in [9.17, 15) is 9.59 Å². The average Bonchev–Trinajstić information content (AvgIpc) is 2.70. The molecule has 0 spiro atoms. The first-order valence-electron chi connectivity index (χ1n) is 4.16. The molecule has 0 radical (unpaired) electrons. The molecule has 3 amide bonds. The molecule has 1 fully saturated rings. The zero-order valence-corrected chi connectivity index (χ0v) is 7.64. The highest BCUT2D eigenvalue weighted by Gasteiger charge is 2.25. The van der Waals surface area contributed by atoms with Crippen LogP contribution in [-0.4, -0.2) is 29.7 Å². The topological polar surface area (TPSA) is 101 Å². The molecular weight excluding hydrogens is 200 g/mol. The number of hydrogen-bond donors (Lipinski definition) is 2. The molecule has 2 heterocycles. The minimum atomic E-state index is -0.546. The molecule has 0 aliphatic carbocycles. The number of imide groups is 1. The van der Waals surface area contributed by atoms with Crippen LogP contribution < -0.4 is 11.1 Å². The van der Waals surface area contributed by atoms with E-state index in [-0.39, 0.29) is 18.3 Å². The third kappa shape index (κ3) is 1.96. The van der Waals surface area contributed by atoms with Crippen LogP contribution >= 0.6 is 0 Å². The van der Waals surface area contributed by atoms with Crippen molar-refractivity contribution in [3.63, 3.8) is 0 Å². The van der Waals surface area contributed by atoms with Gasteiger partial charge in [0.25, 0.3) is 0 Å². The Balaban J connectivity index is 2.06. The zero-order valence-electron chi connectivity index (χ0n) is 7.64. The highest BCUT2D eigenvalue weighted by Crippen LogP contribution is 2.07. The Labute approximate surface area is 84.5 Å². The first kappa shape index (κ1) is 9.25. The molecule has 0 aromatic carbocycles. The van der Waals surface area contributed by atoms with Gasteiger partial charge in [-0.15, -0.1) is 0 Å². The van der Waals surface area contributed by atoms with Gasteiger partial charge >= 0.3 is 6.03 Å². The molecule has 7 heteroatoms. The molecule has 1 saturated heterocycles. The Morgan fingerprint density at radius 3 is 2.87 bits per heavy atom. The fourth-order valence-corrected chi connectivity index (χ4v) is 1.09. The fraction of sp³-hybridized carbons (Fsp3) is 0.125. The third-order valence-corrected chi connectivity index (χ3v) is 1.75. The second kappa shape index (κ2) is 3.45. The highest BCUT2D eigenvalue weighted by molar-refractivity contribution is 6.02. The van der Waals surface area contributed by atoms with Crippen molar-refractivity contribution in [3.05, 3.63) is 17.9 Å². The monoisotopic (exact) mass is 208 g/mol. The summed E-state index contributed by atoms with van der Waals surface area (Å²) in [6.45, 7) is -0.0779. The first-order chi connectivity index (χ1) is 7.15. The predicted octanol–water partition coefficient (Wildman–Crippen LogP) is -0.253. The van der Waals surface area contributed by atoms with Gasteiger partial charge in [-0.05, 0) is 6.07 Å². The van der Waals surface area contributed by atoms with E-state index in [0.717, 1.165) is 5.01 Å². The van der Waals surface area contributed by atoms with Gasteiger partial charge in [0, 0.05) is 6.07 Å². The summed E-state index contributed by atoms with van der Waals surface area (Å²) in [7, 11) is 0. The van der Waals surface area contributed by atoms with Crippen LogP contribution in [0.15, 0.2) is 21.7 Å². The van der Waals surface area contributed by atoms with Crippen LogP contribution in [0.4, 0.5) is 10.7 Å². The van der Waals surface area contributed by atoms with Gasteiger partial charge in [0.05, 0.1) is 6.21 Å². The Hall–Kier alpha value is -2.31. The van der Waals surface area contributed by atoms with E-state index < -0.39 is 6.03 Å². The van der Waals surface area contributed by atoms with Gasteiger partial charge in [-0.1, -0.05) is 0 Å². The summed E-state index contributed by atoms with van der Waals surface area (Å²) in [5, 5.41) is 6.85. The second-order valence-electron chi connectivity index (χ2n) is 2.90. The van der Waals surface area contributed by atoms with E-state index in [1.807, 2.05) is 0 Å². The number of urea groups is 1. The molecule has 1 aromatic heterocycles. The van der Waals surface area contributed by atoms with Gasteiger partial charge in [-0.25, -0.2) is 9.80 Å². The summed E-state index contributed by atoms with van der Waals surface area (Å²) < 4.78 is 4.99. The smallest absolute Gasteiger partial charge is 0.344 e. The lowest BCUT2D eigenvalue weighted by Crippen LogP contribution is -2.24. The minimum Gasteiger partial charge on any atom is -0.440 e.